The van der Waals surface area contributed by atoms with E-state index in [0.717, 1.165) is 16.9 Å². The smallest absolute Gasteiger partial charge is 0.133 e. The van der Waals surface area contributed by atoms with Crippen molar-refractivity contribution in [1.82, 2.24) is 0 Å². The highest BCUT2D eigenvalue weighted by molar-refractivity contribution is 7.99. The molecule has 1 aromatic carbocycles. The minimum Gasteiger partial charge on any atom is -0.506 e. The Balaban J connectivity index is 2.80. The summed E-state index contributed by atoms with van der Waals surface area (Å²) in [5.74, 6) is 0.464. The van der Waals surface area contributed by atoms with Gasteiger partial charge in [-0.15, -0.1) is 23.1 Å². The van der Waals surface area contributed by atoms with Crippen LogP contribution in [0.1, 0.15) is 12.5 Å². The lowest BCUT2D eigenvalue weighted by molar-refractivity contribution is 0.458. The lowest BCUT2D eigenvalue weighted by atomic mass is 10.1. The van der Waals surface area contributed by atoms with Crippen LogP contribution in [0.4, 0.5) is 0 Å². The Morgan fingerprint density at radius 2 is 2.29 bits per heavy atom. The number of phenols is 1. The summed E-state index contributed by atoms with van der Waals surface area (Å²) in [6.45, 7) is 2.07. The van der Waals surface area contributed by atoms with Crippen molar-refractivity contribution in [2.75, 3.05) is 6.26 Å². The molecule has 0 aliphatic carbocycles. The van der Waals surface area contributed by atoms with Gasteiger partial charge in [0.15, 0.2) is 0 Å². The molecule has 1 heterocycles. The molecule has 0 aliphatic heterocycles. The van der Waals surface area contributed by atoms with Crippen LogP contribution in [0, 0.1) is 0 Å². The molecule has 1 N–H and O–H groups in total. The fraction of sp³-hybridized carbons (Fsp3) is 0.273. The van der Waals surface area contributed by atoms with E-state index in [1.54, 1.807) is 23.1 Å². The van der Waals surface area contributed by atoms with Crippen LogP contribution >= 0.6 is 23.1 Å². The Bertz CT molecular complexity index is 460. The van der Waals surface area contributed by atoms with Gasteiger partial charge >= 0.3 is 0 Å². The number of hydrogen-bond donors (Lipinski definition) is 1. The SMILES string of the molecule is CCc1cc2sccc2c(SC)c1O. The molecule has 0 spiro atoms. The van der Waals surface area contributed by atoms with E-state index in [1.165, 1.54) is 10.1 Å². The summed E-state index contributed by atoms with van der Waals surface area (Å²) in [4.78, 5) is 1.01. The molecular weight excluding hydrogens is 212 g/mol. The zero-order valence-electron chi connectivity index (χ0n) is 8.20. The van der Waals surface area contributed by atoms with Crippen LogP contribution in [-0.2, 0) is 6.42 Å². The van der Waals surface area contributed by atoms with Crippen LogP contribution in [0.15, 0.2) is 22.4 Å². The highest BCUT2D eigenvalue weighted by Crippen LogP contribution is 2.39. The lowest BCUT2D eigenvalue weighted by Crippen LogP contribution is -1.84. The van der Waals surface area contributed by atoms with Gasteiger partial charge in [-0.05, 0) is 35.8 Å². The van der Waals surface area contributed by atoms with Crippen molar-refractivity contribution in [3.8, 4) is 5.75 Å². The van der Waals surface area contributed by atoms with Gasteiger partial charge in [-0.25, -0.2) is 0 Å². The molecule has 0 saturated carbocycles. The Kier molecular flexibility index (Phi) is 2.70. The van der Waals surface area contributed by atoms with Gasteiger partial charge < -0.3 is 5.11 Å². The van der Waals surface area contributed by atoms with E-state index >= 15 is 0 Å². The summed E-state index contributed by atoms with van der Waals surface area (Å²) in [7, 11) is 0. The molecule has 0 amide bonds. The molecule has 2 aromatic rings. The Hall–Kier alpha value is -0.670. The Morgan fingerprint density at radius 3 is 2.93 bits per heavy atom. The van der Waals surface area contributed by atoms with Crippen molar-refractivity contribution in [2.24, 2.45) is 0 Å². The second-order valence-corrected chi connectivity index (χ2v) is 4.87. The monoisotopic (exact) mass is 224 g/mol. The number of thiophene rings is 1. The molecule has 1 aromatic heterocycles. The standard InChI is InChI=1S/C11H12OS2/c1-3-7-6-9-8(4-5-14-9)11(13-2)10(7)12/h4-6,12H,3H2,1-2H3. The predicted octanol–water partition coefficient (Wildman–Crippen LogP) is 3.89. The number of fused-ring (bicyclic) bond motifs is 1. The van der Waals surface area contributed by atoms with E-state index in [4.69, 9.17) is 0 Å². The molecule has 3 heteroatoms. The third kappa shape index (κ3) is 1.41. The molecule has 0 unspecified atom stereocenters. The quantitative estimate of drug-likeness (QED) is 0.781. The van der Waals surface area contributed by atoms with E-state index in [0.29, 0.717) is 5.75 Å². The first-order valence-corrected chi connectivity index (χ1v) is 6.64. The minimum absolute atomic E-state index is 0.464. The summed E-state index contributed by atoms with van der Waals surface area (Å²) in [6, 6.07) is 4.17. The maximum atomic E-state index is 9.99. The van der Waals surface area contributed by atoms with Crippen LogP contribution in [0.5, 0.6) is 5.75 Å². The molecule has 0 saturated heterocycles. The van der Waals surface area contributed by atoms with Crippen molar-refractivity contribution in [3.05, 3.63) is 23.1 Å². The number of thioether (sulfide) groups is 1. The zero-order chi connectivity index (χ0) is 10.1. The molecule has 0 atom stereocenters. The Labute approximate surface area is 91.8 Å². The first-order chi connectivity index (χ1) is 6.77. The lowest BCUT2D eigenvalue weighted by Gasteiger charge is -2.07. The highest BCUT2D eigenvalue weighted by Gasteiger charge is 2.11. The molecule has 2 rings (SSSR count). The summed E-state index contributed by atoms with van der Waals surface area (Å²) in [6.07, 6.45) is 2.89. The topological polar surface area (TPSA) is 20.2 Å². The van der Waals surface area contributed by atoms with Crippen molar-refractivity contribution < 1.29 is 5.11 Å². The van der Waals surface area contributed by atoms with Gasteiger partial charge in [-0.2, -0.15) is 0 Å². The van der Waals surface area contributed by atoms with Crippen molar-refractivity contribution in [1.29, 1.82) is 0 Å². The summed E-state index contributed by atoms with van der Waals surface area (Å²) >= 11 is 3.35. The third-order valence-corrected chi connectivity index (χ3v) is 4.03. The fourth-order valence-corrected chi connectivity index (χ4v) is 3.24. The molecule has 1 nitrogen and oxygen atoms in total. The van der Waals surface area contributed by atoms with Crippen LogP contribution in [0.25, 0.3) is 10.1 Å². The van der Waals surface area contributed by atoms with Gasteiger partial charge in [-0.3, -0.25) is 0 Å². The summed E-state index contributed by atoms with van der Waals surface area (Å²) < 4.78 is 1.27. The van der Waals surface area contributed by atoms with Gasteiger partial charge in [0, 0.05) is 10.1 Å². The maximum absolute atomic E-state index is 9.99. The van der Waals surface area contributed by atoms with E-state index in [-0.39, 0.29) is 0 Å². The van der Waals surface area contributed by atoms with Gasteiger partial charge in [-0.1, -0.05) is 6.92 Å². The van der Waals surface area contributed by atoms with Gasteiger partial charge in [0.1, 0.15) is 5.75 Å². The largest absolute Gasteiger partial charge is 0.506 e. The average molecular weight is 224 g/mol. The molecular formula is C11H12OS2. The normalized spacial score (nSPS) is 11.0. The fourth-order valence-electron chi connectivity index (χ4n) is 1.60. The second kappa shape index (κ2) is 3.83. The summed E-state index contributed by atoms with van der Waals surface area (Å²) in [5, 5.41) is 13.2. The predicted molar refractivity (Wildman–Crippen MR) is 64.6 cm³/mol. The van der Waals surface area contributed by atoms with E-state index < -0.39 is 0 Å². The van der Waals surface area contributed by atoms with Gasteiger partial charge in [0.05, 0.1) is 4.90 Å². The maximum Gasteiger partial charge on any atom is 0.133 e. The number of rotatable bonds is 2. The number of aromatic hydroxyl groups is 1. The van der Waals surface area contributed by atoms with E-state index in [2.05, 4.69) is 24.4 Å². The van der Waals surface area contributed by atoms with E-state index in [1.807, 2.05) is 6.26 Å². The Morgan fingerprint density at radius 1 is 1.50 bits per heavy atom. The first-order valence-electron chi connectivity index (χ1n) is 4.54. The van der Waals surface area contributed by atoms with Gasteiger partial charge in [0.2, 0.25) is 0 Å². The van der Waals surface area contributed by atoms with Crippen molar-refractivity contribution in [3.63, 3.8) is 0 Å². The van der Waals surface area contributed by atoms with Crippen LogP contribution in [0.3, 0.4) is 0 Å². The first kappa shape index (κ1) is 9.87. The molecule has 0 fully saturated rings. The number of hydrogen-bond acceptors (Lipinski definition) is 3. The number of benzene rings is 1. The third-order valence-electron chi connectivity index (χ3n) is 2.35. The summed E-state index contributed by atoms with van der Waals surface area (Å²) in [5.41, 5.74) is 1.05. The second-order valence-electron chi connectivity index (χ2n) is 3.10. The highest BCUT2D eigenvalue weighted by atomic mass is 32.2. The number of phenolic OH excluding ortho intramolecular Hbond substituents is 1. The molecule has 0 bridgehead atoms. The average Bonchev–Trinajstić information content (AvgIpc) is 2.64. The number of aryl methyl sites for hydroxylation is 1. The zero-order valence-corrected chi connectivity index (χ0v) is 9.84. The molecule has 0 aliphatic rings. The van der Waals surface area contributed by atoms with E-state index in [9.17, 15) is 5.11 Å². The molecule has 0 radical (unpaired) electrons. The van der Waals surface area contributed by atoms with Crippen LogP contribution < -0.4 is 0 Å². The molecule has 74 valence electrons. The van der Waals surface area contributed by atoms with Crippen molar-refractivity contribution in [2.45, 2.75) is 18.2 Å². The minimum atomic E-state index is 0.464. The van der Waals surface area contributed by atoms with Gasteiger partial charge in [0.25, 0.3) is 0 Å². The van der Waals surface area contributed by atoms with Crippen molar-refractivity contribution >= 4 is 33.2 Å². The van der Waals surface area contributed by atoms with Crippen LogP contribution in [0.2, 0.25) is 0 Å². The molecule has 14 heavy (non-hydrogen) atoms. The van der Waals surface area contributed by atoms with Crippen LogP contribution in [-0.4, -0.2) is 11.4 Å².